The maximum Gasteiger partial charge on any atom is 0.277 e. The predicted molar refractivity (Wildman–Crippen MR) is 79.5 cm³/mol. The highest BCUT2D eigenvalue weighted by Crippen LogP contribution is 2.25. The van der Waals surface area contributed by atoms with Crippen molar-refractivity contribution in [2.75, 3.05) is 5.32 Å². The lowest BCUT2D eigenvalue weighted by Crippen LogP contribution is -2.20. The molecule has 0 radical (unpaired) electrons. The monoisotopic (exact) mass is 317 g/mol. The van der Waals surface area contributed by atoms with Gasteiger partial charge in [-0.1, -0.05) is 11.2 Å². The van der Waals surface area contributed by atoms with E-state index in [2.05, 4.69) is 15.6 Å². The first kappa shape index (κ1) is 14.0. The van der Waals surface area contributed by atoms with Crippen molar-refractivity contribution in [1.29, 1.82) is 0 Å². The number of nitrogens with one attached hydrogen (secondary N) is 1. The number of thiophene rings is 1. The summed E-state index contributed by atoms with van der Waals surface area (Å²) in [7, 11) is 1.56. The number of carbonyl (C=O) groups is 2. The van der Waals surface area contributed by atoms with Crippen LogP contribution in [-0.4, -0.2) is 26.8 Å². The van der Waals surface area contributed by atoms with E-state index in [1.54, 1.807) is 7.05 Å². The Morgan fingerprint density at radius 1 is 1.45 bits per heavy atom. The average molecular weight is 317 g/mol. The van der Waals surface area contributed by atoms with Crippen molar-refractivity contribution in [2.24, 2.45) is 12.8 Å². The van der Waals surface area contributed by atoms with E-state index in [0.717, 1.165) is 4.88 Å². The Balaban J connectivity index is 1.82. The van der Waals surface area contributed by atoms with Gasteiger partial charge in [-0.15, -0.1) is 11.3 Å². The van der Waals surface area contributed by atoms with Gasteiger partial charge < -0.3 is 15.6 Å². The minimum absolute atomic E-state index is 0.0997. The van der Waals surface area contributed by atoms with Crippen LogP contribution in [0.3, 0.4) is 0 Å². The topological polar surface area (TPSA) is 116 Å². The first-order valence-corrected chi connectivity index (χ1v) is 7.08. The zero-order valence-corrected chi connectivity index (χ0v) is 12.3. The van der Waals surface area contributed by atoms with E-state index in [0.29, 0.717) is 5.76 Å². The number of hydrogen-bond donors (Lipinski definition) is 2. The van der Waals surface area contributed by atoms with Crippen LogP contribution in [0.4, 0.5) is 5.69 Å². The highest BCUT2D eigenvalue weighted by atomic mass is 32.1. The van der Waals surface area contributed by atoms with Crippen LogP contribution in [0.25, 0.3) is 10.6 Å². The number of nitrogens with zero attached hydrogens (tertiary/aromatic N) is 3. The molecule has 112 valence electrons. The van der Waals surface area contributed by atoms with E-state index in [4.69, 9.17) is 10.3 Å². The lowest BCUT2D eigenvalue weighted by Gasteiger charge is -2.02. The van der Waals surface area contributed by atoms with Crippen molar-refractivity contribution in [3.05, 3.63) is 41.2 Å². The Hall–Kier alpha value is -2.94. The second-order valence-electron chi connectivity index (χ2n) is 4.40. The van der Waals surface area contributed by atoms with Gasteiger partial charge in [0.05, 0.1) is 16.8 Å². The number of hydrogen-bond acceptors (Lipinski definition) is 6. The molecule has 0 fully saturated rings. The third-order valence-corrected chi connectivity index (χ3v) is 3.81. The summed E-state index contributed by atoms with van der Waals surface area (Å²) in [6.07, 6.45) is 1.35. The number of aryl methyl sites for hydroxylation is 1. The lowest BCUT2D eigenvalue weighted by molar-refractivity contribution is 0.0992. The summed E-state index contributed by atoms with van der Waals surface area (Å²) in [6, 6.07) is 5.26. The lowest BCUT2D eigenvalue weighted by atomic mass is 10.3. The van der Waals surface area contributed by atoms with Gasteiger partial charge in [0.15, 0.2) is 11.5 Å². The van der Waals surface area contributed by atoms with Crippen molar-refractivity contribution in [1.82, 2.24) is 14.9 Å². The zero-order chi connectivity index (χ0) is 15.7. The van der Waals surface area contributed by atoms with E-state index in [1.165, 1.54) is 28.3 Å². The van der Waals surface area contributed by atoms with Gasteiger partial charge in [-0.3, -0.25) is 14.3 Å². The molecule has 3 rings (SSSR count). The minimum atomic E-state index is -0.685. The quantitative estimate of drug-likeness (QED) is 0.756. The Bertz CT molecular complexity index is 834. The van der Waals surface area contributed by atoms with Crippen LogP contribution in [0, 0.1) is 0 Å². The Labute approximate surface area is 128 Å². The van der Waals surface area contributed by atoms with Gasteiger partial charge in [0.25, 0.3) is 11.8 Å². The standard InChI is InChI=1S/C13H11N5O3S/c1-18-11(12(14)19)8(6-15-18)16-13(20)7-5-9(21-17-7)10-3-2-4-22-10/h2-6H,1H3,(H2,14,19)(H,16,20). The molecule has 3 N–H and O–H groups in total. The van der Waals surface area contributed by atoms with Crippen LogP contribution < -0.4 is 11.1 Å². The molecule has 0 atom stereocenters. The Kier molecular flexibility index (Phi) is 3.47. The number of rotatable bonds is 4. The highest BCUT2D eigenvalue weighted by molar-refractivity contribution is 7.13. The number of carbonyl (C=O) groups excluding carboxylic acids is 2. The fraction of sp³-hybridized carbons (Fsp3) is 0.0769. The molecular formula is C13H11N5O3S. The number of anilines is 1. The molecule has 9 heteroatoms. The van der Waals surface area contributed by atoms with Crippen molar-refractivity contribution in [3.63, 3.8) is 0 Å². The van der Waals surface area contributed by atoms with Gasteiger partial charge in [-0.2, -0.15) is 5.10 Å². The van der Waals surface area contributed by atoms with Crippen LogP contribution in [0.5, 0.6) is 0 Å². The van der Waals surface area contributed by atoms with E-state index in [-0.39, 0.29) is 17.1 Å². The van der Waals surface area contributed by atoms with Crippen molar-refractivity contribution >= 4 is 28.8 Å². The molecular weight excluding hydrogens is 306 g/mol. The second-order valence-corrected chi connectivity index (χ2v) is 5.35. The van der Waals surface area contributed by atoms with Gasteiger partial charge in [0, 0.05) is 13.1 Å². The van der Waals surface area contributed by atoms with Crippen LogP contribution in [0.1, 0.15) is 21.0 Å². The first-order valence-electron chi connectivity index (χ1n) is 6.20. The summed E-state index contributed by atoms with van der Waals surface area (Å²) in [5, 5.41) is 12.1. The highest BCUT2D eigenvalue weighted by Gasteiger charge is 2.19. The molecule has 0 saturated carbocycles. The molecule has 8 nitrogen and oxygen atoms in total. The third kappa shape index (κ3) is 2.49. The zero-order valence-electron chi connectivity index (χ0n) is 11.4. The molecule has 0 aliphatic carbocycles. The molecule has 2 amide bonds. The largest absolute Gasteiger partial charge is 0.364 e. The smallest absolute Gasteiger partial charge is 0.277 e. The Morgan fingerprint density at radius 3 is 2.95 bits per heavy atom. The number of nitrogens with two attached hydrogens (primary N) is 1. The van der Waals surface area contributed by atoms with E-state index in [9.17, 15) is 9.59 Å². The molecule has 0 unspecified atom stereocenters. The molecule has 3 aromatic rings. The fourth-order valence-corrected chi connectivity index (χ4v) is 2.60. The molecule has 3 heterocycles. The van der Waals surface area contributed by atoms with E-state index >= 15 is 0 Å². The summed E-state index contributed by atoms with van der Waals surface area (Å²) in [5.74, 6) is -0.696. The summed E-state index contributed by atoms with van der Waals surface area (Å²) in [4.78, 5) is 24.4. The number of amides is 2. The molecule has 0 bridgehead atoms. The van der Waals surface area contributed by atoms with Gasteiger partial charge >= 0.3 is 0 Å². The van der Waals surface area contributed by atoms with Gasteiger partial charge in [-0.05, 0) is 11.4 Å². The Morgan fingerprint density at radius 2 is 2.27 bits per heavy atom. The van der Waals surface area contributed by atoms with Crippen LogP contribution in [-0.2, 0) is 7.05 Å². The van der Waals surface area contributed by atoms with Crippen LogP contribution in [0.2, 0.25) is 0 Å². The van der Waals surface area contributed by atoms with Gasteiger partial charge in [0.1, 0.15) is 5.69 Å². The SMILES string of the molecule is Cn1ncc(NC(=O)c2cc(-c3cccs3)on2)c1C(N)=O. The maximum absolute atomic E-state index is 12.2. The molecule has 22 heavy (non-hydrogen) atoms. The molecule has 0 aliphatic heterocycles. The molecule has 0 spiro atoms. The molecule has 3 aromatic heterocycles. The number of aromatic nitrogens is 3. The van der Waals surface area contributed by atoms with E-state index in [1.807, 2.05) is 17.5 Å². The number of primary amides is 1. The maximum atomic E-state index is 12.2. The van der Waals surface area contributed by atoms with Gasteiger partial charge in [0.2, 0.25) is 0 Å². The summed E-state index contributed by atoms with van der Waals surface area (Å²) in [6.45, 7) is 0. The molecule has 0 aliphatic rings. The van der Waals surface area contributed by atoms with E-state index < -0.39 is 11.8 Å². The average Bonchev–Trinajstić information content (AvgIpc) is 3.17. The predicted octanol–water partition coefficient (Wildman–Crippen LogP) is 1.49. The summed E-state index contributed by atoms with van der Waals surface area (Å²) < 4.78 is 6.43. The summed E-state index contributed by atoms with van der Waals surface area (Å²) >= 11 is 1.47. The van der Waals surface area contributed by atoms with Crippen LogP contribution in [0.15, 0.2) is 34.3 Å². The molecule has 0 aromatic carbocycles. The van der Waals surface area contributed by atoms with Crippen LogP contribution >= 0.6 is 11.3 Å². The first-order chi connectivity index (χ1) is 10.6. The summed E-state index contributed by atoms with van der Waals surface area (Å²) in [5.41, 5.74) is 5.69. The van der Waals surface area contributed by atoms with Gasteiger partial charge in [-0.25, -0.2) is 0 Å². The third-order valence-electron chi connectivity index (χ3n) is 2.93. The van der Waals surface area contributed by atoms with Crippen molar-refractivity contribution in [3.8, 4) is 10.6 Å². The van der Waals surface area contributed by atoms with Crippen molar-refractivity contribution in [2.45, 2.75) is 0 Å². The van der Waals surface area contributed by atoms with Crippen molar-refractivity contribution < 1.29 is 14.1 Å². The minimum Gasteiger partial charge on any atom is -0.364 e. The fourth-order valence-electron chi connectivity index (χ4n) is 1.92. The molecule has 0 saturated heterocycles. The second kappa shape index (κ2) is 5.45. The normalized spacial score (nSPS) is 10.6.